The number of hydrogen-bond donors (Lipinski definition) is 1. The molecule has 0 saturated heterocycles. The Morgan fingerprint density at radius 1 is 0.923 bits per heavy atom. The maximum absolute atomic E-state index is 13.9. The van der Waals surface area contributed by atoms with Crippen LogP contribution in [0.15, 0.2) is 65.6 Å². The summed E-state index contributed by atoms with van der Waals surface area (Å²) in [5.74, 6) is -0.976. The molecule has 1 N–H and O–H groups in total. The lowest BCUT2D eigenvalue weighted by atomic mass is 10.1. The van der Waals surface area contributed by atoms with Crippen molar-refractivity contribution in [2.24, 2.45) is 0 Å². The fraction of sp³-hybridized carbons (Fsp3) is 0.286. The van der Waals surface area contributed by atoms with Crippen molar-refractivity contribution < 1.29 is 18.0 Å². The molecule has 3 aromatic carbocycles. The van der Waals surface area contributed by atoms with Crippen molar-refractivity contribution in [3.8, 4) is 0 Å². The number of nitrogens with zero attached hydrogens (tertiary/aromatic N) is 2. The first-order chi connectivity index (χ1) is 18.3. The van der Waals surface area contributed by atoms with E-state index in [0.29, 0.717) is 38.4 Å². The zero-order valence-electron chi connectivity index (χ0n) is 22.0. The summed E-state index contributed by atoms with van der Waals surface area (Å²) in [6.45, 7) is 6.68. The van der Waals surface area contributed by atoms with Gasteiger partial charge >= 0.3 is 0 Å². The van der Waals surface area contributed by atoms with Crippen LogP contribution in [0.25, 0.3) is 0 Å². The van der Waals surface area contributed by atoms with E-state index in [9.17, 15) is 18.0 Å². The summed E-state index contributed by atoms with van der Waals surface area (Å²) >= 11 is 18.6. The largest absolute Gasteiger partial charge is 0.355 e. The number of halogens is 3. The van der Waals surface area contributed by atoms with Gasteiger partial charge in [-0.05, 0) is 81.3 Å². The average molecular weight is 611 g/mol. The first kappa shape index (κ1) is 30.8. The minimum Gasteiger partial charge on any atom is -0.355 e. The lowest BCUT2D eigenvalue weighted by molar-refractivity contribution is -0.139. The molecule has 7 nitrogen and oxygen atoms in total. The Bertz CT molecular complexity index is 1460. The minimum atomic E-state index is -4.18. The summed E-state index contributed by atoms with van der Waals surface area (Å²) in [5, 5.41) is 3.89. The molecule has 0 aromatic heterocycles. The summed E-state index contributed by atoms with van der Waals surface area (Å²) in [6, 6.07) is 15.0. The van der Waals surface area contributed by atoms with Crippen LogP contribution in [0.1, 0.15) is 30.5 Å². The van der Waals surface area contributed by atoms with Crippen LogP contribution in [-0.2, 0) is 26.2 Å². The standard InChI is InChI=1S/C28H30Cl3N3O4S/c1-5-32-28(36)20(4)33(16-21-8-9-23(30)15-25(21)31)27(35)17-34(26-13-10-22(29)14-19(26)3)39(37,38)24-11-6-18(2)7-12-24/h6-15,20H,5,16-17H2,1-4H3,(H,32,36)/t20-/m1/s1. The van der Waals surface area contributed by atoms with Gasteiger partial charge in [0.1, 0.15) is 12.6 Å². The van der Waals surface area contributed by atoms with Crippen LogP contribution in [0.3, 0.4) is 0 Å². The Balaban J connectivity index is 2.08. The van der Waals surface area contributed by atoms with Crippen LogP contribution in [0.2, 0.25) is 15.1 Å². The molecule has 0 aliphatic carbocycles. The van der Waals surface area contributed by atoms with E-state index >= 15 is 0 Å². The van der Waals surface area contributed by atoms with Crippen LogP contribution in [0.4, 0.5) is 5.69 Å². The molecule has 0 spiro atoms. The molecule has 3 aromatic rings. The van der Waals surface area contributed by atoms with Gasteiger partial charge in [0.15, 0.2) is 0 Å². The summed E-state index contributed by atoms with van der Waals surface area (Å²) < 4.78 is 28.9. The van der Waals surface area contributed by atoms with Gasteiger partial charge < -0.3 is 10.2 Å². The number of benzene rings is 3. The molecular formula is C28H30Cl3N3O4S. The van der Waals surface area contributed by atoms with Gasteiger partial charge in [-0.2, -0.15) is 0 Å². The number of sulfonamides is 1. The topological polar surface area (TPSA) is 86.8 Å². The number of nitrogens with one attached hydrogen (secondary N) is 1. The first-order valence-electron chi connectivity index (χ1n) is 12.2. The third-order valence-corrected chi connectivity index (χ3v) is 8.79. The Kier molecular flexibility index (Phi) is 10.3. The highest BCUT2D eigenvalue weighted by Gasteiger charge is 2.33. The summed E-state index contributed by atoms with van der Waals surface area (Å²) in [4.78, 5) is 28.1. The Labute approximate surface area is 244 Å². The number of likely N-dealkylation sites (N-methyl/N-ethyl adjacent to an activating group) is 1. The van der Waals surface area contributed by atoms with Gasteiger partial charge in [-0.15, -0.1) is 0 Å². The number of rotatable bonds is 10. The van der Waals surface area contributed by atoms with Crippen molar-refractivity contribution in [2.75, 3.05) is 17.4 Å². The number of amides is 2. The Morgan fingerprint density at radius 3 is 2.13 bits per heavy atom. The van der Waals surface area contributed by atoms with Crippen molar-refractivity contribution >= 4 is 62.3 Å². The minimum absolute atomic E-state index is 0.0271. The monoisotopic (exact) mass is 609 g/mol. The lowest BCUT2D eigenvalue weighted by Gasteiger charge is -2.32. The summed E-state index contributed by atoms with van der Waals surface area (Å²) in [6.07, 6.45) is 0. The highest BCUT2D eigenvalue weighted by atomic mass is 35.5. The van der Waals surface area contributed by atoms with Crippen molar-refractivity contribution in [1.29, 1.82) is 0 Å². The van der Waals surface area contributed by atoms with Gasteiger partial charge in [-0.3, -0.25) is 13.9 Å². The van der Waals surface area contributed by atoms with Gasteiger partial charge in [0.25, 0.3) is 10.0 Å². The second kappa shape index (κ2) is 13.0. The molecule has 208 valence electrons. The molecule has 0 heterocycles. The fourth-order valence-electron chi connectivity index (χ4n) is 3.99. The van der Waals surface area contributed by atoms with Gasteiger partial charge in [0, 0.05) is 28.2 Å². The van der Waals surface area contributed by atoms with E-state index in [2.05, 4.69) is 5.32 Å². The van der Waals surface area contributed by atoms with E-state index in [1.807, 2.05) is 6.92 Å². The number of anilines is 1. The molecule has 3 rings (SSSR count). The highest BCUT2D eigenvalue weighted by Crippen LogP contribution is 2.30. The molecule has 0 fully saturated rings. The number of carbonyl (C=O) groups excluding carboxylic acids is 2. The molecule has 39 heavy (non-hydrogen) atoms. The van der Waals surface area contributed by atoms with E-state index in [1.54, 1.807) is 69.3 Å². The zero-order chi connectivity index (χ0) is 28.9. The van der Waals surface area contributed by atoms with E-state index in [-0.39, 0.29) is 17.3 Å². The predicted octanol–water partition coefficient (Wildman–Crippen LogP) is 6.01. The van der Waals surface area contributed by atoms with Crippen molar-refractivity contribution in [1.82, 2.24) is 10.2 Å². The number of carbonyl (C=O) groups is 2. The highest BCUT2D eigenvalue weighted by molar-refractivity contribution is 7.92. The van der Waals surface area contributed by atoms with E-state index in [1.165, 1.54) is 17.0 Å². The second-order valence-electron chi connectivity index (χ2n) is 9.08. The number of hydrogen-bond acceptors (Lipinski definition) is 4. The Morgan fingerprint density at radius 2 is 1.54 bits per heavy atom. The van der Waals surface area contributed by atoms with Gasteiger partial charge in [0.2, 0.25) is 11.8 Å². The van der Waals surface area contributed by atoms with Crippen molar-refractivity contribution in [3.63, 3.8) is 0 Å². The molecule has 0 radical (unpaired) electrons. The number of aryl methyl sites for hydroxylation is 2. The third kappa shape index (κ3) is 7.45. The van der Waals surface area contributed by atoms with Gasteiger partial charge in [0.05, 0.1) is 10.6 Å². The van der Waals surface area contributed by atoms with E-state index < -0.39 is 28.5 Å². The zero-order valence-corrected chi connectivity index (χ0v) is 25.1. The first-order valence-corrected chi connectivity index (χ1v) is 14.8. The quantitative estimate of drug-likeness (QED) is 0.305. The SMILES string of the molecule is CCNC(=O)[C@@H](C)N(Cc1ccc(Cl)cc1Cl)C(=O)CN(c1ccc(Cl)cc1C)S(=O)(=O)c1ccc(C)cc1. The molecule has 0 bridgehead atoms. The van der Waals surface area contributed by atoms with E-state index in [4.69, 9.17) is 34.8 Å². The van der Waals surface area contributed by atoms with Crippen molar-refractivity contribution in [3.05, 3.63) is 92.4 Å². The van der Waals surface area contributed by atoms with Gasteiger partial charge in [-0.1, -0.05) is 58.6 Å². The predicted molar refractivity (Wildman–Crippen MR) is 157 cm³/mol. The maximum Gasteiger partial charge on any atom is 0.264 e. The van der Waals surface area contributed by atoms with E-state index in [0.717, 1.165) is 9.87 Å². The summed E-state index contributed by atoms with van der Waals surface area (Å²) in [7, 11) is -4.18. The molecular weight excluding hydrogens is 581 g/mol. The fourth-order valence-corrected chi connectivity index (χ4v) is 6.16. The lowest BCUT2D eigenvalue weighted by Crippen LogP contribution is -2.51. The molecule has 0 aliphatic rings. The normalized spacial score (nSPS) is 12.1. The van der Waals surface area contributed by atoms with Crippen molar-refractivity contribution in [2.45, 2.75) is 45.2 Å². The molecule has 0 saturated carbocycles. The molecule has 2 amide bonds. The average Bonchev–Trinajstić information content (AvgIpc) is 2.87. The molecule has 11 heteroatoms. The van der Waals surface area contributed by atoms with Gasteiger partial charge in [-0.25, -0.2) is 8.42 Å². The molecule has 0 aliphatic heterocycles. The smallest absolute Gasteiger partial charge is 0.264 e. The Hall–Kier alpha value is -2.78. The van der Waals surface area contributed by atoms with Crippen LogP contribution in [0.5, 0.6) is 0 Å². The van der Waals surface area contributed by atoms with Crippen LogP contribution >= 0.6 is 34.8 Å². The van der Waals surface area contributed by atoms with Crippen LogP contribution in [-0.4, -0.2) is 44.3 Å². The second-order valence-corrected chi connectivity index (χ2v) is 12.2. The van der Waals surface area contributed by atoms with Crippen LogP contribution in [0, 0.1) is 13.8 Å². The molecule has 1 atom stereocenters. The summed E-state index contributed by atoms with van der Waals surface area (Å²) in [5.41, 5.74) is 2.31. The van der Waals surface area contributed by atoms with Crippen LogP contribution < -0.4 is 9.62 Å². The molecule has 0 unspecified atom stereocenters. The third-order valence-electron chi connectivity index (χ3n) is 6.19. The maximum atomic E-state index is 13.9.